The largest absolute Gasteiger partial charge is 0.472 e. The number of rotatable bonds is 40. The van der Waals surface area contributed by atoms with E-state index in [1.165, 1.54) is 96.3 Å². The van der Waals surface area contributed by atoms with Gasteiger partial charge in [0.05, 0.1) is 37.9 Å². The van der Waals surface area contributed by atoms with Gasteiger partial charge in [0, 0.05) is 6.54 Å². The average Bonchev–Trinajstić information content (AvgIpc) is 3.15. The molecule has 0 rings (SSSR count). The molecule has 0 spiro atoms. The second kappa shape index (κ2) is 39.6. The zero-order chi connectivity index (χ0) is 39.8. The molecule has 0 heterocycles. The topological polar surface area (TPSA) is 151 Å². The maximum Gasteiger partial charge on any atom is 0.472 e. The molecule has 0 aliphatic rings. The minimum absolute atomic E-state index is 0.0400. The van der Waals surface area contributed by atoms with Crippen molar-refractivity contribution in [1.82, 2.24) is 5.32 Å². The first kappa shape index (κ1) is 52.4. The standard InChI is InChI=1S/C44H83N2O7P/c1-3-5-7-9-11-13-15-17-18-19-20-21-22-23-24-25-27-29-31-33-35-41(47)39-44(49)46-42(40-53-54(50,51)52-38-37-45)43(48)36-34-32-30-28-26-16-14-12-10-8-6-4-2/h10,12,22-23,26,28,34,36,41-43,47-48H,3-9,11,13-21,24-25,27,29-33,35,37-40,45H2,1-2H3,(H,46,49)(H,50,51)/b12-10+,23-22-,28-26+,36-34+. The van der Waals surface area contributed by atoms with Crippen molar-refractivity contribution in [2.24, 2.45) is 5.73 Å². The van der Waals surface area contributed by atoms with Crippen LogP contribution in [0, 0.1) is 0 Å². The van der Waals surface area contributed by atoms with Crippen molar-refractivity contribution in [3.63, 3.8) is 0 Å². The predicted octanol–water partition coefficient (Wildman–Crippen LogP) is 11.1. The maximum absolute atomic E-state index is 12.8. The van der Waals surface area contributed by atoms with Gasteiger partial charge in [-0.05, 0) is 64.2 Å². The molecule has 0 bridgehead atoms. The van der Waals surface area contributed by atoms with Gasteiger partial charge in [0.25, 0.3) is 0 Å². The van der Waals surface area contributed by atoms with Crippen LogP contribution in [-0.4, -0.2) is 59.0 Å². The number of nitrogens with one attached hydrogen (secondary N) is 1. The van der Waals surface area contributed by atoms with Crippen molar-refractivity contribution in [2.45, 2.75) is 205 Å². The Morgan fingerprint density at radius 3 is 1.59 bits per heavy atom. The summed E-state index contributed by atoms with van der Waals surface area (Å²) in [5.41, 5.74) is 5.35. The number of unbranched alkanes of at least 4 members (excludes halogenated alkanes) is 20. The Labute approximate surface area is 331 Å². The molecule has 10 heteroatoms. The van der Waals surface area contributed by atoms with E-state index in [2.05, 4.69) is 55.6 Å². The van der Waals surface area contributed by atoms with Crippen molar-refractivity contribution in [1.29, 1.82) is 0 Å². The van der Waals surface area contributed by atoms with Crippen LogP contribution in [0.15, 0.2) is 48.6 Å². The van der Waals surface area contributed by atoms with Gasteiger partial charge in [-0.25, -0.2) is 4.57 Å². The van der Waals surface area contributed by atoms with Crippen molar-refractivity contribution in [3.05, 3.63) is 48.6 Å². The molecule has 0 aliphatic carbocycles. The zero-order valence-electron chi connectivity index (χ0n) is 34.6. The summed E-state index contributed by atoms with van der Waals surface area (Å²) in [6, 6.07) is -1.01. The van der Waals surface area contributed by atoms with Gasteiger partial charge in [0.15, 0.2) is 0 Å². The third kappa shape index (κ3) is 37.3. The highest BCUT2D eigenvalue weighted by molar-refractivity contribution is 7.47. The zero-order valence-corrected chi connectivity index (χ0v) is 35.5. The minimum atomic E-state index is -4.41. The van der Waals surface area contributed by atoms with E-state index >= 15 is 0 Å². The number of phosphoric ester groups is 1. The van der Waals surface area contributed by atoms with Gasteiger partial charge in [0.1, 0.15) is 0 Å². The molecular weight excluding hydrogens is 699 g/mol. The third-order valence-corrected chi connectivity index (χ3v) is 10.4. The SMILES string of the molecule is CCCC/C=C/CC/C=C/CC/C=C/C(O)C(COP(=O)(O)OCCN)NC(=O)CC(O)CCCCCCC/C=C\CCCCCCCCCCCCC. The first-order chi connectivity index (χ1) is 26.3. The maximum atomic E-state index is 12.8. The number of amides is 1. The van der Waals surface area contributed by atoms with Crippen molar-refractivity contribution < 1.29 is 33.5 Å². The highest BCUT2D eigenvalue weighted by Gasteiger charge is 2.27. The van der Waals surface area contributed by atoms with Crippen LogP contribution in [0.4, 0.5) is 0 Å². The molecule has 0 aliphatic heterocycles. The highest BCUT2D eigenvalue weighted by atomic mass is 31.2. The normalized spacial score (nSPS) is 15.1. The quantitative estimate of drug-likeness (QED) is 0.0234. The van der Waals surface area contributed by atoms with Crippen LogP contribution in [0.5, 0.6) is 0 Å². The van der Waals surface area contributed by atoms with Gasteiger partial charge in [-0.2, -0.15) is 0 Å². The van der Waals surface area contributed by atoms with E-state index in [1.54, 1.807) is 6.08 Å². The number of nitrogens with two attached hydrogens (primary N) is 1. The van der Waals surface area contributed by atoms with Gasteiger partial charge < -0.3 is 26.2 Å². The Kier molecular flexibility index (Phi) is 38.5. The second-order valence-electron chi connectivity index (χ2n) is 14.7. The van der Waals surface area contributed by atoms with Crippen molar-refractivity contribution >= 4 is 13.7 Å². The number of aliphatic hydroxyl groups is 2. The fourth-order valence-electron chi connectivity index (χ4n) is 6.07. The number of hydrogen-bond acceptors (Lipinski definition) is 7. The molecule has 6 N–H and O–H groups in total. The molecule has 0 aromatic heterocycles. The van der Waals surface area contributed by atoms with Crippen LogP contribution in [0.1, 0.15) is 187 Å². The van der Waals surface area contributed by atoms with Crippen molar-refractivity contribution in [2.75, 3.05) is 19.8 Å². The van der Waals surface area contributed by atoms with Gasteiger partial charge in [0.2, 0.25) is 5.91 Å². The fourth-order valence-corrected chi connectivity index (χ4v) is 6.83. The van der Waals surface area contributed by atoms with Crippen molar-refractivity contribution in [3.8, 4) is 0 Å². The minimum Gasteiger partial charge on any atom is -0.393 e. The summed E-state index contributed by atoms with van der Waals surface area (Å²) in [4.78, 5) is 22.7. The molecular formula is C44H83N2O7P. The number of carbonyl (C=O) groups is 1. The Morgan fingerprint density at radius 1 is 0.630 bits per heavy atom. The molecule has 9 nitrogen and oxygen atoms in total. The van der Waals surface area contributed by atoms with Gasteiger partial charge in [-0.15, -0.1) is 0 Å². The molecule has 0 saturated carbocycles. The summed E-state index contributed by atoms with van der Waals surface area (Å²) in [7, 11) is -4.41. The number of aliphatic hydroxyl groups excluding tert-OH is 2. The molecule has 4 unspecified atom stereocenters. The molecule has 316 valence electrons. The van der Waals surface area contributed by atoms with Crippen LogP contribution in [0.2, 0.25) is 0 Å². The number of hydrogen-bond donors (Lipinski definition) is 5. The molecule has 0 aromatic carbocycles. The van der Waals surface area contributed by atoms with E-state index in [0.29, 0.717) is 12.8 Å². The monoisotopic (exact) mass is 783 g/mol. The number of allylic oxidation sites excluding steroid dienone is 7. The summed E-state index contributed by atoms with van der Waals surface area (Å²) < 4.78 is 22.0. The summed E-state index contributed by atoms with van der Waals surface area (Å²) in [5.74, 6) is -0.467. The fraction of sp³-hybridized carbons (Fsp3) is 0.795. The molecule has 0 radical (unpaired) electrons. The highest BCUT2D eigenvalue weighted by Crippen LogP contribution is 2.43. The molecule has 54 heavy (non-hydrogen) atoms. The predicted molar refractivity (Wildman–Crippen MR) is 227 cm³/mol. The lowest BCUT2D eigenvalue weighted by Crippen LogP contribution is -2.46. The molecule has 1 amide bonds. The van der Waals surface area contributed by atoms with E-state index in [0.717, 1.165) is 57.8 Å². The second-order valence-corrected chi connectivity index (χ2v) is 16.2. The molecule has 4 atom stereocenters. The summed E-state index contributed by atoms with van der Waals surface area (Å²) in [6.07, 6.45) is 44.9. The third-order valence-electron chi connectivity index (χ3n) is 9.41. The molecule has 0 saturated heterocycles. The van der Waals surface area contributed by atoms with Crippen LogP contribution in [0.25, 0.3) is 0 Å². The lowest BCUT2D eigenvalue weighted by Gasteiger charge is -2.24. The Balaban J connectivity index is 4.30. The van der Waals surface area contributed by atoms with E-state index in [4.69, 9.17) is 14.8 Å². The summed E-state index contributed by atoms with van der Waals surface area (Å²) in [6.45, 7) is 3.88. The van der Waals surface area contributed by atoms with Crippen LogP contribution >= 0.6 is 7.82 Å². The molecule has 0 fully saturated rings. The van der Waals surface area contributed by atoms with E-state index in [1.807, 2.05) is 6.08 Å². The van der Waals surface area contributed by atoms with Gasteiger partial charge in [-0.1, -0.05) is 165 Å². The summed E-state index contributed by atoms with van der Waals surface area (Å²) in [5, 5.41) is 24.0. The van der Waals surface area contributed by atoms with Gasteiger partial charge in [-0.3, -0.25) is 13.8 Å². The Hall–Kier alpha value is -1.58. The van der Waals surface area contributed by atoms with E-state index in [-0.39, 0.29) is 19.6 Å². The lowest BCUT2D eigenvalue weighted by atomic mass is 10.0. The first-order valence-corrected chi connectivity index (χ1v) is 23.3. The van der Waals surface area contributed by atoms with E-state index in [9.17, 15) is 24.5 Å². The number of carbonyl (C=O) groups excluding carboxylic acids is 1. The number of phosphoric acid groups is 1. The average molecular weight is 783 g/mol. The molecule has 0 aromatic rings. The van der Waals surface area contributed by atoms with Crippen LogP contribution in [0.3, 0.4) is 0 Å². The smallest absolute Gasteiger partial charge is 0.393 e. The Bertz CT molecular complexity index is 1000. The Morgan fingerprint density at radius 2 is 1.07 bits per heavy atom. The first-order valence-electron chi connectivity index (χ1n) is 21.8. The summed E-state index contributed by atoms with van der Waals surface area (Å²) >= 11 is 0. The van der Waals surface area contributed by atoms with E-state index < -0.39 is 38.6 Å². The van der Waals surface area contributed by atoms with Gasteiger partial charge >= 0.3 is 7.82 Å². The van der Waals surface area contributed by atoms with Crippen LogP contribution in [-0.2, 0) is 18.4 Å². The lowest BCUT2D eigenvalue weighted by molar-refractivity contribution is -0.124. The van der Waals surface area contributed by atoms with Crippen LogP contribution < -0.4 is 11.1 Å².